The van der Waals surface area contributed by atoms with Gasteiger partial charge in [-0.25, -0.2) is 0 Å². The molecule has 0 heteroatoms. The molecule has 1 aliphatic rings. The van der Waals surface area contributed by atoms with Crippen LogP contribution in [0.3, 0.4) is 0 Å². The summed E-state index contributed by atoms with van der Waals surface area (Å²) in [6, 6.07) is 0. The van der Waals surface area contributed by atoms with Crippen molar-refractivity contribution in [2.45, 2.75) is 53.4 Å². The van der Waals surface area contributed by atoms with Crippen LogP contribution in [0.4, 0.5) is 0 Å². The summed E-state index contributed by atoms with van der Waals surface area (Å²) in [5, 5.41) is 0. The third kappa shape index (κ3) is 2.24. The third-order valence-corrected chi connectivity index (χ3v) is 3.78. The van der Waals surface area contributed by atoms with Crippen LogP contribution in [0.5, 0.6) is 0 Å². The topological polar surface area (TPSA) is 0 Å². The summed E-state index contributed by atoms with van der Waals surface area (Å²) >= 11 is 0. The number of hydrogen-bond donors (Lipinski definition) is 0. The highest BCUT2D eigenvalue weighted by Crippen LogP contribution is 2.38. The fourth-order valence-electron chi connectivity index (χ4n) is 2.89. The minimum Gasteiger partial charge on any atom is -0.0651 e. The zero-order chi connectivity index (χ0) is 9.14. The zero-order valence-electron chi connectivity index (χ0n) is 9.14. The molecule has 0 spiro atoms. The van der Waals surface area contributed by atoms with Crippen molar-refractivity contribution in [1.29, 1.82) is 0 Å². The Morgan fingerprint density at radius 3 is 2.33 bits per heavy atom. The molecule has 1 rings (SSSR count). The lowest BCUT2D eigenvalue weighted by Gasteiger charge is -2.36. The van der Waals surface area contributed by atoms with E-state index in [1.54, 1.807) is 0 Å². The van der Waals surface area contributed by atoms with Crippen LogP contribution in [0.2, 0.25) is 0 Å². The Labute approximate surface area is 77.7 Å². The van der Waals surface area contributed by atoms with Gasteiger partial charge >= 0.3 is 0 Å². The van der Waals surface area contributed by atoms with E-state index in [0.717, 1.165) is 23.7 Å². The Kier molecular flexibility index (Phi) is 3.61. The van der Waals surface area contributed by atoms with E-state index in [4.69, 9.17) is 0 Å². The maximum atomic E-state index is 2.45. The van der Waals surface area contributed by atoms with Crippen LogP contribution in [0.25, 0.3) is 0 Å². The second-order valence-electron chi connectivity index (χ2n) is 4.97. The van der Waals surface area contributed by atoms with Gasteiger partial charge in [0.2, 0.25) is 0 Å². The summed E-state index contributed by atoms with van der Waals surface area (Å²) in [6.45, 7) is 9.56. The van der Waals surface area contributed by atoms with Crippen molar-refractivity contribution in [2.24, 2.45) is 23.7 Å². The molecule has 12 heavy (non-hydrogen) atoms. The Morgan fingerprint density at radius 1 is 1.25 bits per heavy atom. The zero-order valence-corrected chi connectivity index (χ0v) is 9.14. The molecule has 0 saturated heterocycles. The van der Waals surface area contributed by atoms with Crippen LogP contribution >= 0.6 is 0 Å². The first-order valence-corrected chi connectivity index (χ1v) is 5.65. The molecule has 0 heterocycles. The van der Waals surface area contributed by atoms with Gasteiger partial charge < -0.3 is 0 Å². The van der Waals surface area contributed by atoms with E-state index in [1.165, 1.54) is 25.7 Å². The molecule has 0 amide bonds. The van der Waals surface area contributed by atoms with Gasteiger partial charge in [0.1, 0.15) is 0 Å². The first-order chi connectivity index (χ1) is 5.65. The summed E-state index contributed by atoms with van der Waals surface area (Å²) in [7, 11) is 0. The first-order valence-electron chi connectivity index (χ1n) is 5.65. The van der Waals surface area contributed by atoms with Crippen LogP contribution in [-0.2, 0) is 0 Å². The highest BCUT2D eigenvalue weighted by molar-refractivity contribution is 4.78. The molecule has 3 atom stereocenters. The molecule has 0 aliphatic heterocycles. The van der Waals surface area contributed by atoms with E-state index in [1.807, 2.05) is 0 Å². The molecule has 1 saturated carbocycles. The third-order valence-electron chi connectivity index (χ3n) is 3.78. The minimum absolute atomic E-state index is 0.901. The molecule has 0 aromatic rings. The molecule has 0 bridgehead atoms. The molecule has 3 unspecified atom stereocenters. The van der Waals surface area contributed by atoms with Gasteiger partial charge in [-0.2, -0.15) is 0 Å². The van der Waals surface area contributed by atoms with Crippen LogP contribution in [0.15, 0.2) is 0 Å². The van der Waals surface area contributed by atoms with Crippen molar-refractivity contribution in [3.05, 3.63) is 0 Å². The Balaban J connectivity index is 2.42. The SMILES string of the molecule is CCC1CCC(C(C)C)C(C)C1. The van der Waals surface area contributed by atoms with E-state index in [9.17, 15) is 0 Å². The summed E-state index contributed by atoms with van der Waals surface area (Å²) in [5.74, 6) is 3.92. The fourth-order valence-corrected chi connectivity index (χ4v) is 2.89. The van der Waals surface area contributed by atoms with Crippen molar-refractivity contribution in [3.63, 3.8) is 0 Å². The van der Waals surface area contributed by atoms with Crippen molar-refractivity contribution in [2.75, 3.05) is 0 Å². The first kappa shape index (κ1) is 10.1. The van der Waals surface area contributed by atoms with Crippen LogP contribution in [0.1, 0.15) is 53.4 Å². The van der Waals surface area contributed by atoms with Gasteiger partial charge in [0.05, 0.1) is 0 Å². The van der Waals surface area contributed by atoms with Crippen molar-refractivity contribution in [3.8, 4) is 0 Å². The fraction of sp³-hybridized carbons (Fsp3) is 1.00. The average molecular weight is 168 g/mol. The van der Waals surface area contributed by atoms with E-state index < -0.39 is 0 Å². The summed E-state index contributed by atoms with van der Waals surface area (Å²) in [6.07, 6.45) is 5.86. The van der Waals surface area contributed by atoms with E-state index in [2.05, 4.69) is 27.7 Å². The molecule has 0 nitrogen and oxygen atoms in total. The molecule has 0 aromatic carbocycles. The lowest BCUT2D eigenvalue weighted by molar-refractivity contribution is 0.148. The highest BCUT2D eigenvalue weighted by atomic mass is 14.3. The van der Waals surface area contributed by atoms with Crippen molar-refractivity contribution in [1.82, 2.24) is 0 Å². The van der Waals surface area contributed by atoms with Gasteiger partial charge in [-0.3, -0.25) is 0 Å². The van der Waals surface area contributed by atoms with Gasteiger partial charge in [-0.05, 0) is 36.5 Å². The average Bonchev–Trinajstić information content (AvgIpc) is 2.03. The summed E-state index contributed by atoms with van der Waals surface area (Å²) < 4.78 is 0. The van der Waals surface area contributed by atoms with E-state index in [-0.39, 0.29) is 0 Å². The van der Waals surface area contributed by atoms with Crippen LogP contribution < -0.4 is 0 Å². The van der Waals surface area contributed by atoms with Gasteiger partial charge in [0.15, 0.2) is 0 Å². The maximum Gasteiger partial charge on any atom is -0.0365 e. The van der Waals surface area contributed by atoms with Gasteiger partial charge in [-0.15, -0.1) is 0 Å². The van der Waals surface area contributed by atoms with Gasteiger partial charge in [0, 0.05) is 0 Å². The number of hydrogen-bond acceptors (Lipinski definition) is 0. The summed E-state index contributed by atoms with van der Waals surface area (Å²) in [4.78, 5) is 0. The standard InChI is InChI=1S/C12H24/c1-5-11-6-7-12(9(2)3)10(4)8-11/h9-12H,5-8H2,1-4H3. The number of rotatable bonds is 2. The van der Waals surface area contributed by atoms with Gasteiger partial charge in [0.25, 0.3) is 0 Å². The predicted molar refractivity (Wildman–Crippen MR) is 55.1 cm³/mol. The van der Waals surface area contributed by atoms with Crippen molar-refractivity contribution >= 4 is 0 Å². The second kappa shape index (κ2) is 4.30. The minimum atomic E-state index is 0.901. The molecular weight excluding hydrogens is 144 g/mol. The molecule has 0 aromatic heterocycles. The normalized spacial score (nSPS) is 37.2. The molecule has 1 fully saturated rings. The molecule has 1 aliphatic carbocycles. The highest BCUT2D eigenvalue weighted by Gasteiger charge is 2.28. The van der Waals surface area contributed by atoms with Gasteiger partial charge in [-0.1, -0.05) is 40.5 Å². The quantitative estimate of drug-likeness (QED) is 0.582. The Hall–Kier alpha value is 0. The Bertz CT molecular complexity index is 126. The molecule has 72 valence electrons. The second-order valence-corrected chi connectivity index (χ2v) is 4.97. The predicted octanol–water partition coefficient (Wildman–Crippen LogP) is 4.10. The monoisotopic (exact) mass is 168 g/mol. The van der Waals surface area contributed by atoms with E-state index >= 15 is 0 Å². The molecular formula is C12H24. The summed E-state index contributed by atoms with van der Waals surface area (Å²) in [5.41, 5.74) is 0. The van der Waals surface area contributed by atoms with E-state index in [0.29, 0.717) is 0 Å². The lowest BCUT2D eigenvalue weighted by atomic mass is 9.70. The molecule has 0 radical (unpaired) electrons. The smallest absolute Gasteiger partial charge is 0.0365 e. The van der Waals surface area contributed by atoms with Crippen molar-refractivity contribution < 1.29 is 0 Å². The van der Waals surface area contributed by atoms with Crippen LogP contribution in [0, 0.1) is 23.7 Å². The largest absolute Gasteiger partial charge is 0.0651 e. The maximum absolute atomic E-state index is 2.45. The van der Waals surface area contributed by atoms with Crippen LogP contribution in [-0.4, -0.2) is 0 Å². The molecule has 0 N–H and O–H groups in total. The lowest BCUT2D eigenvalue weighted by Crippen LogP contribution is -2.26. The Morgan fingerprint density at radius 2 is 1.92 bits per heavy atom.